The van der Waals surface area contributed by atoms with Crippen molar-refractivity contribution in [2.24, 2.45) is 0 Å². The Balaban J connectivity index is 2.84. The van der Waals surface area contributed by atoms with Gasteiger partial charge in [0, 0.05) is 0 Å². The molecule has 0 radical (unpaired) electrons. The molecule has 0 saturated heterocycles. The summed E-state index contributed by atoms with van der Waals surface area (Å²) >= 11 is 0. The van der Waals surface area contributed by atoms with Crippen LogP contribution in [0.3, 0.4) is 0 Å². The molecule has 1 heteroatoms. The van der Waals surface area contributed by atoms with Gasteiger partial charge in [0.05, 0.1) is 12.9 Å². The van der Waals surface area contributed by atoms with E-state index in [1.807, 2.05) is 6.08 Å². The molecule has 1 nitrogen and oxygen atoms in total. The van der Waals surface area contributed by atoms with Gasteiger partial charge in [0.25, 0.3) is 0 Å². The Morgan fingerprint density at radius 1 is 0.786 bits per heavy atom. The lowest BCUT2D eigenvalue weighted by Gasteiger charge is -2.01. The third-order valence-corrected chi connectivity index (χ3v) is 2.29. The zero-order valence-electron chi connectivity index (χ0n) is 9.34. The first-order valence-electron chi connectivity index (χ1n) is 5.75. The van der Waals surface area contributed by atoms with Gasteiger partial charge in [0.15, 0.2) is 0 Å². The number of ether oxygens (including phenoxy) is 1. The lowest BCUT2D eigenvalue weighted by atomic mass is 10.1. The van der Waals surface area contributed by atoms with Crippen LogP contribution in [0.5, 0.6) is 0 Å². The maximum atomic E-state index is 5.05. The van der Waals surface area contributed by atoms with Crippen LogP contribution in [0, 0.1) is 0 Å². The van der Waals surface area contributed by atoms with Crippen molar-refractivity contribution in [3.8, 4) is 0 Å². The summed E-state index contributed by atoms with van der Waals surface area (Å²) in [6.07, 6.45) is 13.9. The second-order valence-corrected chi connectivity index (χ2v) is 3.59. The highest BCUT2D eigenvalue weighted by Gasteiger charge is 1.90. The highest BCUT2D eigenvalue weighted by molar-refractivity contribution is 4.65. The van der Waals surface area contributed by atoms with E-state index in [9.17, 15) is 0 Å². The summed E-state index contributed by atoms with van der Waals surface area (Å²) in [5.41, 5.74) is 0. The maximum absolute atomic E-state index is 5.05. The molecule has 0 rings (SSSR count). The van der Waals surface area contributed by atoms with E-state index in [0.717, 1.165) is 6.61 Å². The molecule has 0 saturated carbocycles. The smallest absolute Gasteiger partial charge is 0.0873 e. The summed E-state index contributed by atoms with van der Waals surface area (Å²) in [6, 6.07) is 0. The van der Waals surface area contributed by atoms with Crippen molar-refractivity contribution in [2.45, 2.75) is 51.4 Å². The minimum atomic E-state index is 0.833. The fourth-order valence-corrected chi connectivity index (χ4v) is 1.44. The van der Waals surface area contributed by atoms with Gasteiger partial charge in [-0.25, -0.2) is 0 Å². The van der Waals surface area contributed by atoms with Crippen molar-refractivity contribution in [3.05, 3.63) is 25.5 Å². The van der Waals surface area contributed by atoms with Crippen LogP contribution in [0.15, 0.2) is 25.5 Å². The van der Waals surface area contributed by atoms with E-state index in [2.05, 4.69) is 13.2 Å². The van der Waals surface area contributed by atoms with E-state index < -0.39 is 0 Å². The molecule has 0 aliphatic carbocycles. The first-order valence-corrected chi connectivity index (χ1v) is 5.75. The molecule has 14 heavy (non-hydrogen) atoms. The normalized spacial score (nSPS) is 9.71. The number of hydrogen-bond acceptors (Lipinski definition) is 1. The van der Waals surface area contributed by atoms with Crippen molar-refractivity contribution in [1.82, 2.24) is 0 Å². The monoisotopic (exact) mass is 196 g/mol. The van der Waals surface area contributed by atoms with Crippen LogP contribution >= 0.6 is 0 Å². The van der Waals surface area contributed by atoms with Gasteiger partial charge < -0.3 is 4.74 Å². The Bertz CT molecular complexity index is 113. The van der Waals surface area contributed by atoms with E-state index >= 15 is 0 Å². The van der Waals surface area contributed by atoms with Crippen molar-refractivity contribution >= 4 is 0 Å². The Labute approximate surface area is 88.9 Å². The predicted octanol–water partition coefficient (Wildman–Crippen LogP) is 4.45. The molecule has 0 aromatic rings. The second-order valence-electron chi connectivity index (χ2n) is 3.59. The highest BCUT2D eigenvalue weighted by atomic mass is 16.5. The summed E-state index contributed by atoms with van der Waals surface area (Å²) in [4.78, 5) is 0. The minimum Gasteiger partial charge on any atom is -0.502 e. The molecule has 82 valence electrons. The number of rotatable bonds is 11. The van der Waals surface area contributed by atoms with E-state index in [1.165, 1.54) is 57.6 Å². The molecule has 0 atom stereocenters. The van der Waals surface area contributed by atoms with Crippen LogP contribution in [0.4, 0.5) is 0 Å². The zero-order valence-corrected chi connectivity index (χ0v) is 9.34. The molecule has 0 amide bonds. The number of hydrogen-bond donors (Lipinski definition) is 0. The third kappa shape index (κ3) is 11.3. The molecule has 0 heterocycles. The molecular weight excluding hydrogens is 172 g/mol. The molecule has 0 aromatic carbocycles. The minimum absolute atomic E-state index is 0.833. The van der Waals surface area contributed by atoms with Gasteiger partial charge in [-0.05, 0) is 19.3 Å². The maximum Gasteiger partial charge on any atom is 0.0873 e. The largest absolute Gasteiger partial charge is 0.502 e. The van der Waals surface area contributed by atoms with Crippen molar-refractivity contribution in [1.29, 1.82) is 0 Å². The molecule has 0 unspecified atom stereocenters. The first-order chi connectivity index (χ1) is 6.91. The quantitative estimate of drug-likeness (QED) is 0.269. The van der Waals surface area contributed by atoms with Gasteiger partial charge in [-0.2, -0.15) is 0 Å². The van der Waals surface area contributed by atoms with Gasteiger partial charge in [-0.3, -0.25) is 0 Å². The highest BCUT2D eigenvalue weighted by Crippen LogP contribution is 2.08. The topological polar surface area (TPSA) is 9.23 Å². The van der Waals surface area contributed by atoms with Crippen LogP contribution in [-0.2, 0) is 4.74 Å². The van der Waals surface area contributed by atoms with Gasteiger partial charge >= 0.3 is 0 Å². The lowest BCUT2D eigenvalue weighted by Crippen LogP contribution is -1.87. The number of unbranched alkanes of at least 4 members (excludes halogenated alkanes) is 7. The van der Waals surface area contributed by atoms with Crippen molar-refractivity contribution in [3.63, 3.8) is 0 Å². The first kappa shape index (κ1) is 13.3. The predicted molar refractivity (Wildman–Crippen MR) is 63.3 cm³/mol. The van der Waals surface area contributed by atoms with Crippen LogP contribution < -0.4 is 0 Å². The number of allylic oxidation sites excluding steroid dienone is 1. The summed E-state index contributed by atoms with van der Waals surface area (Å²) < 4.78 is 5.05. The van der Waals surface area contributed by atoms with E-state index in [4.69, 9.17) is 4.74 Å². The fraction of sp³-hybridized carbons (Fsp3) is 0.692. The average Bonchev–Trinajstić information content (AvgIpc) is 2.21. The molecular formula is C13H24O. The molecule has 0 aromatic heterocycles. The average molecular weight is 196 g/mol. The SMILES string of the molecule is C=CCCCCCCCCCOC=C. The van der Waals surface area contributed by atoms with E-state index in [0.29, 0.717) is 0 Å². The third-order valence-electron chi connectivity index (χ3n) is 2.29. The Hall–Kier alpha value is -0.720. The Morgan fingerprint density at radius 2 is 1.36 bits per heavy atom. The molecule has 0 fully saturated rings. The molecule has 0 aliphatic rings. The van der Waals surface area contributed by atoms with Crippen LogP contribution in [0.25, 0.3) is 0 Å². The van der Waals surface area contributed by atoms with Crippen LogP contribution in [-0.4, -0.2) is 6.61 Å². The summed E-state index contributed by atoms with van der Waals surface area (Å²) in [6.45, 7) is 8.05. The zero-order chi connectivity index (χ0) is 10.5. The van der Waals surface area contributed by atoms with Gasteiger partial charge in [-0.15, -0.1) is 6.58 Å². The van der Waals surface area contributed by atoms with E-state index in [1.54, 1.807) is 0 Å². The van der Waals surface area contributed by atoms with Gasteiger partial charge in [0.1, 0.15) is 0 Å². The molecule has 0 N–H and O–H groups in total. The van der Waals surface area contributed by atoms with Crippen LogP contribution in [0.1, 0.15) is 51.4 Å². The Morgan fingerprint density at radius 3 is 1.93 bits per heavy atom. The second kappa shape index (κ2) is 12.3. The Kier molecular flexibility index (Phi) is 11.6. The molecule has 0 aliphatic heterocycles. The van der Waals surface area contributed by atoms with Crippen molar-refractivity contribution < 1.29 is 4.74 Å². The lowest BCUT2D eigenvalue weighted by molar-refractivity contribution is 0.241. The molecule has 0 bridgehead atoms. The molecule has 0 spiro atoms. The summed E-state index contributed by atoms with van der Waals surface area (Å²) in [7, 11) is 0. The van der Waals surface area contributed by atoms with Crippen LogP contribution in [0.2, 0.25) is 0 Å². The van der Waals surface area contributed by atoms with Gasteiger partial charge in [-0.1, -0.05) is 44.8 Å². The fourth-order valence-electron chi connectivity index (χ4n) is 1.44. The van der Waals surface area contributed by atoms with Gasteiger partial charge in [0.2, 0.25) is 0 Å². The summed E-state index contributed by atoms with van der Waals surface area (Å²) in [5.74, 6) is 0. The van der Waals surface area contributed by atoms with E-state index in [-0.39, 0.29) is 0 Å². The standard InChI is InChI=1S/C13H24O/c1-3-5-6-7-8-9-10-11-12-13-14-4-2/h3-4H,1-2,5-13H2. The summed E-state index contributed by atoms with van der Waals surface area (Å²) in [5, 5.41) is 0. The van der Waals surface area contributed by atoms with Crippen molar-refractivity contribution in [2.75, 3.05) is 6.61 Å².